The number of carboxylic acids is 1. The number of carbonyl (C=O) groups is 1. The van der Waals surface area contributed by atoms with Gasteiger partial charge in [-0.2, -0.15) is 0 Å². The Morgan fingerprint density at radius 1 is 1.50 bits per heavy atom. The van der Waals surface area contributed by atoms with E-state index in [0.29, 0.717) is 10.6 Å². The molecule has 0 aliphatic heterocycles. The van der Waals surface area contributed by atoms with Crippen molar-refractivity contribution in [3.8, 4) is 0 Å². The molecule has 0 radical (unpaired) electrons. The van der Waals surface area contributed by atoms with Gasteiger partial charge in [-0.05, 0) is 18.2 Å². The standard InChI is InChI=1S/C9H9Cl2NO2/c1-9(12,8(13)14)6-3-2-5(10)4-7(6)11/h2-4H,12H2,1H3,(H,13,14)/t9-/m1/s1. The van der Waals surface area contributed by atoms with Gasteiger partial charge in [0.15, 0.2) is 5.54 Å². The van der Waals surface area contributed by atoms with Crippen LogP contribution in [0.25, 0.3) is 0 Å². The van der Waals surface area contributed by atoms with E-state index in [4.69, 9.17) is 23.2 Å². The van der Waals surface area contributed by atoms with Crippen LogP contribution in [0.2, 0.25) is 10.0 Å². The highest BCUT2D eigenvalue weighted by Crippen LogP contribution is 2.27. The summed E-state index contributed by atoms with van der Waals surface area (Å²) in [6.45, 7) is 1.43. The lowest BCUT2D eigenvalue weighted by Crippen LogP contribution is -2.75. The van der Waals surface area contributed by atoms with Crippen LogP contribution in [-0.2, 0) is 10.3 Å². The fraction of sp³-hybridized carbons (Fsp3) is 0.222. The van der Waals surface area contributed by atoms with Gasteiger partial charge < -0.3 is 15.6 Å². The van der Waals surface area contributed by atoms with Gasteiger partial charge in [0.1, 0.15) is 5.97 Å². The summed E-state index contributed by atoms with van der Waals surface area (Å²) in [6.07, 6.45) is 0. The Kier molecular flexibility index (Phi) is 3.04. The first-order valence-electron chi connectivity index (χ1n) is 3.88. The minimum atomic E-state index is -1.36. The van der Waals surface area contributed by atoms with E-state index in [-0.39, 0.29) is 5.02 Å². The number of hydrogen-bond donors (Lipinski definition) is 1. The molecule has 0 bridgehead atoms. The number of benzene rings is 1. The first-order valence-corrected chi connectivity index (χ1v) is 4.63. The first kappa shape index (κ1) is 11.3. The maximum atomic E-state index is 10.8. The molecular weight excluding hydrogens is 225 g/mol. The van der Waals surface area contributed by atoms with E-state index in [9.17, 15) is 9.90 Å². The molecule has 1 aromatic rings. The molecule has 0 spiro atoms. The zero-order chi connectivity index (χ0) is 10.9. The molecule has 1 aromatic carbocycles. The first-order chi connectivity index (χ1) is 6.35. The topological polar surface area (TPSA) is 67.8 Å². The van der Waals surface area contributed by atoms with Crippen molar-refractivity contribution in [2.75, 3.05) is 0 Å². The van der Waals surface area contributed by atoms with Crippen molar-refractivity contribution in [2.45, 2.75) is 12.5 Å². The minimum absolute atomic E-state index is 0.277. The summed E-state index contributed by atoms with van der Waals surface area (Å²) in [5.74, 6) is -1.28. The van der Waals surface area contributed by atoms with Crippen molar-refractivity contribution in [3.63, 3.8) is 0 Å². The van der Waals surface area contributed by atoms with Gasteiger partial charge in [-0.25, -0.2) is 0 Å². The van der Waals surface area contributed by atoms with Gasteiger partial charge in [0.2, 0.25) is 0 Å². The Balaban J connectivity index is 3.26. The third kappa shape index (κ3) is 2.00. The Bertz CT molecular complexity index is 377. The maximum Gasteiger partial charge on any atom is 0.159 e. The average molecular weight is 234 g/mol. The Morgan fingerprint density at radius 2 is 2.07 bits per heavy atom. The predicted molar refractivity (Wildman–Crippen MR) is 51.7 cm³/mol. The summed E-state index contributed by atoms with van der Waals surface area (Å²) in [4.78, 5) is 10.8. The van der Waals surface area contributed by atoms with Crippen LogP contribution in [0.15, 0.2) is 18.2 Å². The molecule has 76 valence electrons. The summed E-state index contributed by atoms with van der Waals surface area (Å²) in [5.41, 5.74) is 2.57. The third-order valence-electron chi connectivity index (χ3n) is 1.98. The zero-order valence-corrected chi connectivity index (χ0v) is 9.02. The summed E-state index contributed by atoms with van der Waals surface area (Å²) >= 11 is 11.5. The molecule has 3 N–H and O–H groups in total. The van der Waals surface area contributed by atoms with Crippen LogP contribution in [0.4, 0.5) is 0 Å². The second-order valence-corrected chi connectivity index (χ2v) is 4.09. The van der Waals surface area contributed by atoms with Crippen molar-refractivity contribution in [1.82, 2.24) is 0 Å². The smallest absolute Gasteiger partial charge is 0.159 e. The molecule has 1 atom stereocenters. The summed E-state index contributed by atoms with van der Waals surface area (Å²) in [5, 5.41) is 11.5. The number of halogens is 2. The molecule has 0 unspecified atom stereocenters. The fourth-order valence-electron chi connectivity index (χ4n) is 1.05. The van der Waals surface area contributed by atoms with E-state index in [0.717, 1.165) is 0 Å². The van der Waals surface area contributed by atoms with Gasteiger partial charge in [0.25, 0.3) is 0 Å². The van der Waals surface area contributed by atoms with Gasteiger partial charge in [-0.15, -0.1) is 0 Å². The highest BCUT2D eigenvalue weighted by molar-refractivity contribution is 6.35. The number of rotatable bonds is 2. The lowest BCUT2D eigenvalue weighted by molar-refractivity contribution is -0.489. The highest BCUT2D eigenvalue weighted by atomic mass is 35.5. The normalized spacial score (nSPS) is 14.9. The average Bonchev–Trinajstić information content (AvgIpc) is 2.02. The predicted octanol–water partition coefficient (Wildman–Crippen LogP) is 0.200. The maximum absolute atomic E-state index is 10.8. The minimum Gasteiger partial charge on any atom is -0.543 e. The van der Waals surface area contributed by atoms with Crippen molar-refractivity contribution >= 4 is 29.2 Å². The zero-order valence-electron chi connectivity index (χ0n) is 7.51. The highest BCUT2D eigenvalue weighted by Gasteiger charge is 2.29. The van der Waals surface area contributed by atoms with Crippen LogP contribution >= 0.6 is 23.2 Å². The van der Waals surface area contributed by atoms with Crippen LogP contribution in [0, 0.1) is 0 Å². The number of aliphatic carboxylic acids is 1. The van der Waals surface area contributed by atoms with E-state index < -0.39 is 11.5 Å². The molecule has 0 heterocycles. The molecule has 0 aromatic heterocycles. The monoisotopic (exact) mass is 233 g/mol. The molecular formula is C9H9Cl2NO2. The van der Waals surface area contributed by atoms with E-state index in [1.165, 1.54) is 19.1 Å². The molecule has 5 heteroatoms. The molecule has 0 amide bonds. The van der Waals surface area contributed by atoms with Crippen molar-refractivity contribution in [2.24, 2.45) is 0 Å². The van der Waals surface area contributed by atoms with Crippen LogP contribution < -0.4 is 10.8 Å². The molecule has 0 saturated carbocycles. The van der Waals surface area contributed by atoms with Gasteiger partial charge in [0, 0.05) is 17.5 Å². The molecule has 1 rings (SSSR count). The summed E-state index contributed by atoms with van der Waals surface area (Å²) in [7, 11) is 0. The van der Waals surface area contributed by atoms with E-state index in [1.807, 2.05) is 0 Å². The molecule has 3 nitrogen and oxygen atoms in total. The SMILES string of the molecule is C[C@]([NH3+])(C(=O)[O-])c1ccc(Cl)cc1Cl. The van der Waals surface area contributed by atoms with Gasteiger partial charge in [0.05, 0.1) is 5.02 Å². The van der Waals surface area contributed by atoms with E-state index >= 15 is 0 Å². The molecule has 14 heavy (non-hydrogen) atoms. The second-order valence-electron chi connectivity index (χ2n) is 3.24. The van der Waals surface area contributed by atoms with E-state index in [2.05, 4.69) is 5.73 Å². The Morgan fingerprint density at radius 3 is 2.50 bits per heavy atom. The van der Waals surface area contributed by atoms with Crippen LogP contribution in [0.3, 0.4) is 0 Å². The molecule has 0 fully saturated rings. The Labute approximate surface area is 91.4 Å². The quantitative estimate of drug-likeness (QED) is 0.794. The van der Waals surface area contributed by atoms with Crippen molar-refractivity contribution in [1.29, 1.82) is 0 Å². The molecule has 0 aliphatic rings. The van der Waals surface area contributed by atoms with E-state index in [1.54, 1.807) is 6.07 Å². The van der Waals surface area contributed by atoms with Gasteiger partial charge in [-0.1, -0.05) is 23.2 Å². The lowest BCUT2D eigenvalue weighted by Gasteiger charge is -2.23. The molecule has 0 saturated heterocycles. The number of hydrogen-bond acceptors (Lipinski definition) is 2. The molecule has 0 aliphatic carbocycles. The lowest BCUT2D eigenvalue weighted by atomic mass is 9.93. The largest absolute Gasteiger partial charge is 0.543 e. The van der Waals surface area contributed by atoms with Gasteiger partial charge in [-0.3, -0.25) is 0 Å². The second kappa shape index (κ2) is 3.77. The van der Waals surface area contributed by atoms with Crippen molar-refractivity contribution < 1.29 is 15.6 Å². The number of carboxylic acid groups (broad SMARTS) is 1. The van der Waals surface area contributed by atoms with Gasteiger partial charge >= 0.3 is 0 Å². The third-order valence-corrected chi connectivity index (χ3v) is 2.52. The number of quaternary nitrogens is 1. The summed E-state index contributed by atoms with van der Waals surface area (Å²) in [6, 6.07) is 4.58. The van der Waals surface area contributed by atoms with Crippen LogP contribution in [0.1, 0.15) is 12.5 Å². The fourth-order valence-corrected chi connectivity index (χ4v) is 1.66. The van der Waals surface area contributed by atoms with Crippen molar-refractivity contribution in [3.05, 3.63) is 33.8 Å². The number of carbonyl (C=O) groups excluding carboxylic acids is 1. The Hall–Kier alpha value is -0.770. The summed E-state index contributed by atoms with van der Waals surface area (Å²) < 4.78 is 0. The van der Waals surface area contributed by atoms with Crippen LogP contribution in [-0.4, -0.2) is 5.97 Å². The van der Waals surface area contributed by atoms with Crippen LogP contribution in [0.5, 0.6) is 0 Å².